The Balaban J connectivity index is 1.15. The molecule has 0 unspecified atom stereocenters. The molecule has 1 saturated carbocycles. The highest BCUT2D eigenvalue weighted by Gasteiger charge is 2.37. The molecule has 6 rings (SSSR count). The maximum atomic E-state index is 14.1. The summed E-state index contributed by atoms with van der Waals surface area (Å²) < 4.78 is 39.9. The Labute approximate surface area is 359 Å². The van der Waals surface area contributed by atoms with Crippen molar-refractivity contribution in [3.05, 3.63) is 113 Å². The molecule has 1 aromatic heterocycles. The monoisotopic (exact) mass is 851 g/mol. The third-order valence-corrected chi connectivity index (χ3v) is 13.2. The molecule has 1 aliphatic heterocycles. The van der Waals surface area contributed by atoms with Gasteiger partial charge in [-0.3, -0.25) is 19.4 Å². The molecule has 61 heavy (non-hydrogen) atoms. The van der Waals surface area contributed by atoms with Gasteiger partial charge in [-0.15, -0.1) is 0 Å². The Kier molecular flexibility index (Phi) is 14.6. The number of hydrogen-bond donors (Lipinski definition) is 2. The summed E-state index contributed by atoms with van der Waals surface area (Å²) in [5, 5.41) is 5.85. The Hall–Kier alpha value is -5.60. The van der Waals surface area contributed by atoms with E-state index in [-0.39, 0.29) is 52.2 Å². The number of nitrogens with one attached hydrogen (secondary N) is 2. The Morgan fingerprint density at radius 1 is 0.787 bits per heavy atom. The predicted molar refractivity (Wildman–Crippen MR) is 235 cm³/mol. The number of piperidine rings is 1. The quantitative estimate of drug-likeness (QED) is 0.119. The number of benzene rings is 3. The number of nitrogens with zero attached hydrogens (tertiary/aromatic N) is 3. The van der Waals surface area contributed by atoms with Crippen LogP contribution in [-0.2, 0) is 37.1 Å². The molecule has 2 heterocycles. The molecule has 1 aliphatic carbocycles. The number of sulfonamides is 1. The van der Waals surface area contributed by atoms with Crippen LogP contribution in [0.25, 0.3) is 0 Å². The van der Waals surface area contributed by atoms with Crippen molar-refractivity contribution in [2.24, 2.45) is 5.92 Å². The van der Waals surface area contributed by atoms with E-state index in [4.69, 9.17) is 9.47 Å². The van der Waals surface area contributed by atoms with E-state index in [1.54, 1.807) is 31.2 Å². The van der Waals surface area contributed by atoms with Crippen molar-refractivity contribution in [1.82, 2.24) is 9.29 Å². The number of rotatable bonds is 14. The fourth-order valence-corrected chi connectivity index (χ4v) is 9.65. The van der Waals surface area contributed by atoms with Gasteiger partial charge in [0.2, 0.25) is 10.0 Å². The van der Waals surface area contributed by atoms with Gasteiger partial charge >= 0.3 is 11.9 Å². The molecule has 2 aliphatic rings. The van der Waals surface area contributed by atoms with Gasteiger partial charge in [0.25, 0.3) is 11.8 Å². The van der Waals surface area contributed by atoms with Crippen LogP contribution in [0.4, 0.5) is 17.1 Å². The summed E-state index contributed by atoms with van der Waals surface area (Å²) in [5.41, 5.74) is 4.05. The zero-order chi connectivity index (χ0) is 43.7. The van der Waals surface area contributed by atoms with Crippen molar-refractivity contribution >= 4 is 50.8 Å². The molecule has 324 valence electrons. The van der Waals surface area contributed by atoms with E-state index in [9.17, 15) is 27.6 Å². The molecule has 4 aromatic rings. The average Bonchev–Trinajstić information content (AvgIpc) is 3.26. The second kappa shape index (κ2) is 19.9. The van der Waals surface area contributed by atoms with Crippen molar-refractivity contribution in [1.29, 1.82) is 0 Å². The van der Waals surface area contributed by atoms with Crippen LogP contribution in [0.2, 0.25) is 0 Å². The minimum absolute atomic E-state index is 0.0206. The molecule has 13 nitrogen and oxygen atoms in total. The van der Waals surface area contributed by atoms with Crippen molar-refractivity contribution in [2.45, 2.75) is 102 Å². The van der Waals surface area contributed by atoms with Crippen LogP contribution in [0.15, 0.2) is 90.1 Å². The highest BCUT2D eigenvalue weighted by atomic mass is 32.2. The summed E-state index contributed by atoms with van der Waals surface area (Å²) in [6.45, 7) is 9.18. The fourth-order valence-electron chi connectivity index (χ4n) is 7.97. The number of hydrogen-bond acceptors (Lipinski definition) is 10. The molecule has 2 amide bonds. The van der Waals surface area contributed by atoms with E-state index < -0.39 is 27.4 Å². The molecular formula is C47H57N5O8S. The van der Waals surface area contributed by atoms with E-state index in [1.807, 2.05) is 63.2 Å². The Bertz CT molecular complexity index is 2290. The average molecular weight is 852 g/mol. The van der Waals surface area contributed by atoms with Gasteiger partial charge in [0, 0.05) is 49.4 Å². The number of ether oxygens (including phenoxy) is 2. The molecule has 14 heteroatoms. The highest BCUT2D eigenvalue weighted by Crippen LogP contribution is 2.33. The van der Waals surface area contributed by atoms with Gasteiger partial charge in [-0.2, -0.15) is 4.31 Å². The number of carbonyl (C=O) groups excluding carboxylic acids is 4. The molecule has 2 N–H and O–H groups in total. The van der Waals surface area contributed by atoms with Crippen LogP contribution in [0.5, 0.6) is 0 Å². The second-order valence-corrected chi connectivity index (χ2v) is 18.6. The third-order valence-electron chi connectivity index (χ3n) is 11.2. The highest BCUT2D eigenvalue weighted by molar-refractivity contribution is 7.89. The van der Waals surface area contributed by atoms with E-state index >= 15 is 0 Å². The Morgan fingerprint density at radius 3 is 2.03 bits per heavy atom. The lowest BCUT2D eigenvalue weighted by atomic mass is 9.86. The summed E-state index contributed by atoms with van der Waals surface area (Å²) in [6, 6.07) is 21.3. The number of aromatic nitrogens is 1. The van der Waals surface area contributed by atoms with E-state index in [0.717, 1.165) is 62.0 Å². The van der Waals surface area contributed by atoms with E-state index in [0.29, 0.717) is 36.9 Å². The van der Waals surface area contributed by atoms with Gasteiger partial charge in [-0.05, 0) is 138 Å². The molecule has 0 atom stereocenters. The minimum Gasteiger partial charge on any atom is -0.465 e. The maximum absolute atomic E-state index is 14.1. The van der Waals surface area contributed by atoms with Gasteiger partial charge in [0.05, 0.1) is 35.4 Å². The Morgan fingerprint density at radius 2 is 1.43 bits per heavy atom. The summed E-state index contributed by atoms with van der Waals surface area (Å²) in [4.78, 5) is 58.6. The van der Waals surface area contributed by atoms with Gasteiger partial charge in [0.1, 0.15) is 10.5 Å². The second-order valence-electron chi connectivity index (χ2n) is 16.7. The van der Waals surface area contributed by atoms with E-state index in [2.05, 4.69) is 20.5 Å². The molecule has 0 spiro atoms. The maximum Gasteiger partial charge on any atom is 0.337 e. The zero-order valence-electron chi connectivity index (χ0n) is 35.7. The number of aryl methyl sites for hydroxylation is 2. The lowest BCUT2D eigenvalue weighted by Gasteiger charge is -2.35. The summed E-state index contributed by atoms with van der Waals surface area (Å²) in [7, 11) is -2.70. The van der Waals surface area contributed by atoms with Crippen LogP contribution in [0.3, 0.4) is 0 Å². The topological polar surface area (TPSA) is 164 Å². The van der Waals surface area contributed by atoms with Crippen LogP contribution in [0, 0.1) is 5.92 Å². The van der Waals surface area contributed by atoms with Crippen LogP contribution in [0.1, 0.15) is 115 Å². The first kappa shape index (κ1) is 44.9. The number of esters is 2. The minimum atomic E-state index is -4.06. The molecule has 0 radical (unpaired) electrons. The zero-order valence-corrected chi connectivity index (χ0v) is 36.6. The number of amides is 2. The van der Waals surface area contributed by atoms with Gasteiger partial charge < -0.3 is 25.0 Å². The van der Waals surface area contributed by atoms with Crippen LogP contribution >= 0.6 is 0 Å². The summed E-state index contributed by atoms with van der Waals surface area (Å²) in [6.07, 6.45) is 9.32. The standard InChI is InChI=1S/C47H57N5O8S/c1-6-52(38-22-18-35(19-23-38)46(56)60-47(2,3)4)61(57,58)40-28-36(30-48-31-40)43(53)50-42-25-24-39(51-26-8-7-9-27-51)29-41(42)44(54)49-37-20-14-33(15-21-37)11-10-32-12-16-34(17-13-32)45(55)59-5/h12-17,20-21,24-25,28-31,35,38H,6-11,18-19,22-23,26-27H2,1-5H3,(H,49,54)(H,50,53)/t35-,38-. The first-order chi connectivity index (χ1) is 29.1. The van der Waals surface area contributed by atoms with Gasteiger partial charge in [-0.1, -0.05) is 31.2 Å². The van der Waals surface area contributed by atoms with Gasteiger partial charge in [-0.25, -0.2) is 13.2 Å². The molecule has 1 saturated heterocycles. The summed E-state index contributed by atoms with van der Waals surface area (Å²) >= 11 is 0. The van der Waals surface area contributed by atoms with Crippen LogP contribution in [-0.4, -0.2) is 79.8 Å². The number of carbonyl (C=O) groups is 4. The first-order valence-electron chi connectivity index (χ1n) is 21.1. The predicted octanol–water partition coefficient (Wildman–Crippen LogP) is 8.06. The largest absolute Gasteiger partial charge is 0.465 e. The lowest BCUT2D eigenvalue weighted by Crippen LogP contribution is -2.43. The van der Waals surface area contributed by atoms with Crippen LogP contribution < -0.4 is 15.5 Å². The molecule has 3 aromatic carbocycles. The lowest BCUT2D eigenvalue weighted by molar-refractivity contribution is -0.161. The first-order valence-corrected chi connectivity index (χ1v) is 22.6. The molecule has 0 bridgehead atoms. The summed E-state index contributed by atoms with van der Waals surface area (Å²) in [5.74, 6) is -1.95. The number of anilines is 3. The molecular weight excluding hydrogens is 795 g/mol. The van der Waals surface area contributed by atoms with Crippen molar-refractivity contribution < 1.29 is 37.1 Å². The fraction of sp³-hybridized carbons (Fsp3) is 0.426. The smallest absolute Gasteiger partial charge is 0.337 e. The van der Waals surface area contributed by atoms with Crippen molar-refractivity contribution in [3.63, 3.8) is 0 Å². The SMILES string of the molecule is CCN([C@H]1CC[C@H](C(=O)OC(C)(C)C)CC1)S(=O)(=O)c1cncc(C(=O)Nc2ccc(N3CCCCC3)cc2C(=O)Nc2ccc(CCc3ccc(C(=O)OC)cc3)cc2)c1. The van der Waals surface area contributed by atoms with E-state index in [1.165, 1.54) is 29.9 Å². The number of pyridine rings is 1. The van der Waals surface area contributed by atoms with Crippen molar-refractivity contribution in [2.75, 3.05) is 42.3 Å². The van der Waals surface area contributed by atoms with Gasteiger partial charge in [0.15, 0.2) is 0 Å². The number of methoxy groups -OCH3 is 1. The normalized spacial score (nSPS) is 17.0. The molecule has 2 fully saturated rings. The van der Waals surface area contributed by atoms with Crippen molar-refractivity contribution in [3.8, 4) is 0 Å². The third kappa shape index (κ3) is 11.6.